The molecule has 0 saturated carbocycles. The van der Waals surface area contributed by atoms with E-state index in [0.29, 0.717) is 13.0 Å². The number of carbonyl (C=O) groups excluding carboxylic acids is 2. The van der Waals surface area contributed by atoms with Gasteiger partial charge in [-0.05, 0) is 34.2 Å². The van der Waals surface area contributed by atoms with Gasteiger partial charge in [-0.2, -0.15) is 0 Å². The SMILES string of the molecule is CCCCNC(=O)[C@H](Cc1ccccc1)NC(=O)OCC1c2ccccc2-c2ccccc21. The maximum Gasteiger partial charge on any atom is 0.407 e. The van der Waals surface area contributed by atoms with Crippen molar-refractivity contribution in [2.45, 2.75) is 38.1 Å². The molecule has 5 heteroatoms. The van der Waals surface area contributed by atoms with Crippen molar-refractivity contribution >= 4 is 12.0 Å². The van der Waals surface area contributed by atoms with E-state index in [9.17, 15) is 9.59 Å². The van der Waals surface area contributed by atoms with Gasteiger partial charge in [0.1, 0.15) is 12.6 Å². The summed E-state index contributed by atoms with van der Waals surface area (Å²) in [5.74, 6) is -0.213. The number of nitrogens with one attached hydrogen (secondary N) is 2. The molecule has 2 N–H and O–H groups in total. The van der Waals surface area contributed by atoms with Crippen LogP contribution in [-0.4, -0.2) is 31.2 Å². The molecular weight excluding hydrogens is 412 g/mol. The molecular formula is C28H30N2O3. The predicted octanol–water partition coefficient (Wildman–Crippen LogP) is 5.05. The zero-order valence-corrected chi connectivity index (χ0v) is 18.9. The number of ether oxygens (including phenoxy) is 1. The van der Waals surface area contributed by atoms with Crippen LogP contribution in [-0.2, 0) is 16.0 Å². The van der Waals surface area contributed by atoms with Crippen molar-refractivity contribution in [3.05, 3.63) is 95.6 Å². The Kier molecular flexibility index (Phi) is 7.40. The first-order valence-electron chi connectivity index (χ1n) is 11.6. The van der Waals surface area contributed by atoms with Crippen molar-refractivity contribution in [3.8, 4) is 11.1 Å². The van der Waals surface area contributed by atoms with E-state index in [-0.39, 0.29) is 18.4 Å². The van der Waals surface area contributed by atoms with Crippen molar-refractivity contribution < 1.29 is 14.3 Å². The Morgan fingerprint density at radius 1 is 0.879 bits per heavy atom. The summed E-state index contributed by atoms with van der Waals surface area (Å²) < 4.78 is 5.65. The highest BCUT2D eigenvalue weighted by Crippen LogP contribution is 2.44. The lowest BCUT2D eigenvalue weighted by Crippen LogP contribution is -2.48. The molecule has 0 radical (unpaired) electrons. The molecule has 0 aliphatic heterocycles. The highest BCUT2D eigenvalue weighted by Gasteiger charge is 2.29. The molecule has 1 aliphatic rings. The van der Waals surface area contributed by atoms with Crippen LogP contribution in [0.3, 0.4) is 0 Å². The Morgan fingerprint density at radius 3 is 2.12 bits per heavy atom. The fourth-order valence-corrected chi connectivity index (χ4v) is 4.35. The molecule has 0 heterocycles. The molecule has 170 valence electrons. The van der Waals surface area contributed by atoms with Crippen molar-refractivity contribution in [2.75, 3.05) is 13.2 Å². The smallest absolute Gasteiger partial charge is 0.407 e. The van der Waals surface area contributed by atoms with E-state index in [1.807, 2.05) is 54.6 Å². The molecule has 3 aromatic rings. The standard InChI is InChI=1S/C28H30N2O3/c1-2-3-17-29-27(31)26(18-20-11-5-4-6-12-20)30-28(32)33-19-25-23-15-9-7-13-21(23)22-14-8-10-16-24(22)25/h4-16,25-26H,2-3,17-19H2,1H3,(H,29,31)(H,30,32)/t26-/m0/s1. The van der Waals surface area contributed by atoms with E-state index in [0.717, 1.165) is 29.5 Å². The minimum Gasteiger partial charge on any atom is -0.449 e. The topological polar surface area (TPSA) is 67.4 Å². The second kappa shape index (κ2) is 10.8. The van der Waals surface area contributed by atoms with Gasteiger partial charge in [0.15, 0.2) is 0 Å². The summed E-state index contributed by atoms with van der Waals surface area (Å²) in [6, 6.07) is 25.4. The summed E-state index contributed by atoms with van der Waals surface area (Å²) in [6.45, 7) is 2.88. The molecule has 1 atom stereocenters. The van der Waals surface area contributed by atoms with Gasteiger partial charge in [-0.25, -0.2) is 4.79 Å². The van der Waals surface area contributed by atoms with E-state index in [2.05, 4.69) is 41.8 Å². The van der Waals surface area contributed by atoms with Gasteiger partial charge in [-0.15, -0.1) is 0 Å². The minimum atomic E-state index is -0.695. The molecule has 0 bridgehead atoms. The summed E-state index contributed by atoms with van der Waals surface area (Å²) in [5, 5.41) is 5.71. The molecule has 0 unspecified atom stereocenters. The molecule has 5 nitrogen and oxygen atoms in total. The van der Waals surface area contributed by atoms with Crippen molar-refractivity contribution in [2.24, 2.45) is 0 Å². The van der Waals surface area contributed by atoms with E-state index in [4.69, 9.17) is 4.74 Å². The van der Waals surface area contributed by atoms with Crippen LogP contribution in [0.25, 0.3) is 11.1 Å². The van der Waals surface area contributed by atoms with Gasteiger partial charge in [0.05, 0.1) is 0 Å². The number of hydrogen-bond donors (Lipinski definition) is 2. The zero-order chi connectivity index (χ0) is 23.0. The second-order valence-corrected chi connectivity index (χ2v) is 8.36. The third-order valence-electron chi connectivity index (χ3n) is 6.06. The Hall–Kier alpha value is -3.60. The van der Waals surface area contributed by atoms with Crippen LogP contribution in [0.2, 0.25) is 0 Å². The highest BCUT2D eigenvalue weighted by molar-refractivity contribution is 5.86. The molecule has 0 spiro atoms. The Labute approximate surface area is 195 Å². The number of amides is 2. The van der Waals surface area contributed by atoms with Crippen molar-refractivity contribution in [1.29, 1.82) is 0 Å². The first-order valence-corrected chi connectivity index (χ1v) is 11.6. The van der Waals surface area contributed by atoms with Crippen LogP contribution in [0.4, 0.5) is 4.79 Å². The lowest BCUT2D eigenvalue weighted by Gasteiger charge is -2.20. The largest absolute Gasteiger partial charge is 0.449 e. The molecule has 4 rings (SSSR count). The number of hydrogen-bond acceptors (Lipinski definition) is 3. The molecule has 0 fully saturated rings. The van der Waals surface area contributed by atoms with Crippen LogP contribution in [0.1, 0.15) is 42.4 Å². The molecule has 0 aromatic heterocycles. The third-order valence-corrected chi connectivity index (χ3v) is 6.06. The fourth-order valence-electron chi connectivity index (χ4n) is 4.35. The average molecular weight is 443 g/mol. The van der Waals surface area contributed by atoms with Gasteiger partial charge in [0, 0.05) is 18.9 Å². The maximum atomic E-state index is 12.8. The summed E-state index contributed by atoms with van der Waals surface area (Å²) >= 11 is 0. The van der Waals surface area contributed by atoms with E-state index >= 15 is 0 Å². The monoisotopic (exact) mass is 442 g/mol. The Balaban J connectivity index is 1.42. The quantitative estimate of drug-likeness (QED) is 0.456. The highest BCUT2D eigenvalue weighted by atomic mass is 16.5. The molecule has 0 saturated heterocycles. The first-order chi connectivity index (χ1) is 16.2. The zero-order valence-electron chi connectivity index (χ0n) is 18.9. The molecule has 1 aliphatic carbocycles. The van der Waals surface area contributed by atoms with Gasteiger partial charge >= 0.3 is 6.09 Å². The normalized spacial score (nSPS) is 13.0. The van der Waals surface area contributed by atoms with Gasteiger partial charge < -0.3 is 15.4 Å². The fraction of sp³-hybridized carbons (Fsp3) is 0.286. The number of unbranched alkanes of at least 4 members (excludes halogenated alkanes) is 1. The lowest BCUT2D eigenvalue weighted by molar-refractivity contribution is -0.123. The lowest BCUT2D eigenvalue weighted by atomic mass is 9.98. The van der Waals surface area contributed by atoms with Gasteiger partial charge in [0.2, 0.25) is 5.91 Å². The number of alkyl carbamates (subject to hydrolysis) is 1. The van der Waals surface area contributed by atoms with E-state index < -0.39 is 12.1 Å². The Bertz CT molecular complexity index is 1050. The summed E-state index contributed by atoms with van der Waals surface area (Å²) in [5.41, 5.74) is 5.65. The number of benzene rings is 3. The predicted molar refractivity (Wildman–Crippen MR) is 130 cm³/mol. The summed E-state index contributed by atoms with van der Waals surface area (Å²) in [6.07, 6.45) is 1.71. The first kappa shape index (κ1) is 22.6. The van der Waals surface area contributed by atoms with E-state index in [1.54, 1.807) is 0 Å². The summed E-state index contributed by atoms with van der Waals surface area (Å²) in [7, 11) is 0. The van der Waals surface area contributed by atoms with Crippen LogP contribution >= 0.6 is 0 Å². The van der Waals surface area contributed by atoms with Crippen LogP contribution < -0.4 is 10.6 Å². The Morgan fingerprint density at radius 2 is 1.48 bits per heavy atom. The molecule has 33 heavy (non-hydrogen) atoms. The van der Waals surface area contributed by atoms with Gasteiger partial charge in [-0.1, -0.05) is 92.2 Å². The van der Waals surface area contributed by atoms with Crippen molar-refractivity contribution in [3.63, 3.8) is 0 Å². The summed E-state index contributed by atoms with van der Waals surface area (Å²) in [4.78, 5) is 25.5. The molecule has 3 aromatic carbocycles. The second-order valence-electron chi connectivity index (χ2n) is 8.36. The number of fused-ring (bicyclic) bond motifs is 3. The van der Waals surface area contributed by atoms with Crippen molar-refractivity contribution in [1.82, 2.24) is 10.6 Å². The minimum absolute atomic E-state index is 0.0193. The molecule has 2 amide bonds. The third kappa shape index (κ3) is 5.43. The van der Waals surface area contributed by atoms with Crippen LogP contribution in [0.5, 0.6) is 0 Å². The average Bonchev–Trinajstić information content (AvgIpc) is 3.17. The van der Waals surface area contributed by atoms with Crippen LogP contribution in [0, 0.1) is 0 Å². The van der Waals surface area contributed by atoms with E-state index in [1.165, 1.54) is 11.1 Å². The van der Waals surface area contributed by atoms with Gasteiger partial charge in [0.25, 0.3) is 0 Å². The number of rotatable bonds is 9. The van der Waals surface area contributed by atoms with Gasteiger partial charge in [-0.3, -0.25) is 4.79 Å². The number of carbonyl (C=O) groups is 2. The maximum absolute atomic E-state index is 12.8. The van der Waals surface area contributed by atoms with Crippen LogP contribution in [0.15, 0.2) is 78.9 Å².